The van der Waals surface area contributed by atoms with Crippen molar-refractivity contribution >= 4 is 29.1 Å². The van der Waals surface area contributed by atoms with Gasteiger partial charge in [0.15, 0.2) is 0 Å². The number of carbonyl (C=O) groups is 2. The third kappa shape index (κ3) is 1.84. The van der Waals surface area contributed by atoms with Crippen molar-refractivity contribution in [2.75, 3.05) is 12.0 Å². The van der Waals surface area contributed by atoms with E-state index in [1.165, 1.54) is 11.3 Å². The molecule has 0 spiro atoms. The molecule has 2 bridgehead atoms. The Morgan fingerprint density at radius 2 is 1.74 bits per heavy atom. The molecule has 4 nitrogen and oxygen atoms in total. The van der Waals surface area contributed by atoms with E-state index in [0.717, 1.165) is 5.69 Å². The van der Waals surface area contributed by atoms with Crippen molar-refractivity contribution in [1.82, 2.24) is 4.90 Å². The highest BCUT2D eigenvalue weighted by molar-refractivity contribution is 6.30. The average Bonchev–Trinajstić information content (AvgIpc) is 3.32. The van der Waals surface area contributed by atoms with Gasteiger partial charge >= 0.3 is 0 Å². The minimum absolute atomic E-state index is 0.000715. The van der Waals surface area contributed by atoms with Crippen molar-refractivity contribution < 1.29 is 9.59 Å². The Morgan fingerprint density at radius 1 is 1.09 bits per heavy atom. The normalized spacial score (nSPS) is 39.4. The second-order valence-electron chi connectivity index (χ2n) is 7.10. The fourth-order valence-electron chi connectivity index (χ4n) is 4.94. The molecule has 1 aliphatic heterocycles. The Balaban J connectivity index is 1.37. The van der Waals surface area contributed by atoms with Gasteiger partial charge in [-0.1, -0.05) is 29.8 Å². The maximum atomic E-state index is 12.8. The molecule has 1 N–H and O–H groups in total. The van der Waals surface area contributed by atoms with Gasteiger partial charge in [0.25, 0.3) is 0 Å². The molecule has 118 valence electrons. The molecule has 3 fully saturated rings. The van der Waals surface area contributed by atoms with Crippen molar-refractivity contribution in [1.29, 1.82) is 0 Å². The quantitative estimate of drug-likeness (QED) is 0.685. The number of hydrogen-bond donors (Lipinski definition) is 1. The number of hydrogen-bond acceptors (Lipinski definition) is 3. The fourth-order valence-corrected chi connectivity index (χ4v) is 5.13. The first-order valence-electron chi connectivity index (χ1n) is 8.18. The number of amides is 2. The lowest BCUT2D eigenvalue weighted by molar-refractivity contribution is -0.139. The molecule has 0 aromatic heterocycles. The summed E-state index contributed by atoms with van der Waals surface area (Å²) >= 11 is 5.97. The molecule has 6 atom stereocenters. The van der Waals surface area contributed by atoms with Gasteiger partial charge in [-0.25, -0.2) is 0 Å². The summed E-state index contributed by atoms with van der Waals surface area (Å²) in [6.45, 7) is 0.222. The lowest BCUT2D eigenvalue weighted by Crippen LogP contribution is -2.40. The molecular weight excluding hydrogens is 312 g/mol. The number of anilines is 1. The van der Waals surface area contributed by atoms with E-state index < -0.39 is 0 Å². The maximum absolute atomic E-state index is 12.8. The minimum atomic E-state index is -0.123. The molecule has 23 heavy (non-hydrogen) atoms. The minimum Gasteiger partial charge on any atom is -0.367 e. The molecule has 2 saturated carbocycles. The fraction of sp³-hybridized carbons (Fsp3) is 0.444. The number of benzene rings is 1. The predicted molar refractivity (Wildman–Crippen MR) is 86.5 cm³/mol. The molecule has 2 amide bonds. The molecule has 1 saturated heterocycles. The van der Waals surface area contributed by atoms with Crippen LogP contribution in [0.2, 0.25) is 5.02 Å². The number of likely N-dealkylation sites (tertiary alicyclic amines) is 1. The molecule has 0 unspecified atom stereocenters. The number of carbonyl (C=O) groups excluding carboxylic acids is 2. The molecule has 5 heteroatoms. The van der Waals surface area contributed by atoms with Crippen LogP contribution in [0.5, 0.6) is 0 Å². The molecule has 1 heterocycles. The first-order valence-corrected chi connectivity index (χ1v) is 8.56. The van der Waals surface area contributed by atoms with Crippen LogP contribution in [-0.4, -0.2) is 23.4 Å². The van der Waals surface area contributed by atoms with Crippen LogP contribution >= 0.6 is 11.6 Å². The largest absolute Gasteiger partial charge is 0.367 e. The monoisotopic (exact) mass is 328 g/mol. The van der Waals surface area contributed by atoms with Crippen LogP contribution in [0.4, 0.5) is 5.69 Å². The first-order chi connectivity index (χ1) is 11.1. The third-order valence-corrected chi connectivity index (χ3v) is 6.26. The smallest absolute Gasteiger partial charge is 0.235 e. The summed E-state index contributed by atoms with van der Waals surface area (Å²) < 4.78 is 0. The van der Waals surface area contributed by atoms with Crippen molar-refractivity contribution in [3.63, 3.8) is 0 Å². The lowest BCUT2D eigenvalue weighted by atomic mass is 9.63. The number of imide groups is 1. The number of halogens is 1. The second kappa shape index (κ2) is 4.60. The molecule has 6 rings (SSSR count). The Morgan fingerprint density at radius 3 is 2.35 bits per heavy atom. The number of rotatable bonds is 3. The number of allylic oxidation sites excluding steroid dienone is 2. The van der Waals surface area contributed by atoms with Gasteiger partial charge in [0.1, 0.15) is 0 Å². The molecule has 4 aliphatic carbocycles. The summed E-state index contributed by atoms with van der Waals surface area (Å²) in [6.07, 6.45) is 5.58. The third-order valence-electron chi connectivity index (χ3n) is 6.02. The van der Waals surface area contributed by atoms with E-state index in [0.29, 0.717) is 16.9 Å². The molecular formula is C18H17ClN2O2. The van der Waals surface area contributed by atoms with Gasteiger partial charge < -0.3 is 5.32 Å². The van der Waals surface area contributed by atoms with Crippen molar-refractivity contribution in [2.45, 2.75) is 6.42 Å². The summed E-state index contributed by atoms with van der Waals surface area (Å²) in [5.74, 6) is 1.60. The average molecular weight is 329 g/mol. The highest BCUT2D eigenvalue weighted by atomic mass is 35.5. The Labute approximate surface area is 139 Å². The zero-order valence-electron chi connectivity index (χ0n) is 12.5. The van der Waals surface area contributed by atoms with E-state index in [-0.39, 0.29) is 42.2 Å². The Kier molecular flexibility index (Phi) is 2.72. The van der Waals surface area contributed by atoms with Gasteiger partial charge in [-0.15, -0.1) is 0 Å². The van der Waals surface area contributed by atoms with E-state index in [1.54, 1.807) is 12.1 Å². The van der Waals surface area contributed by atoms with E-state index in [9.17, 15) is 9.59 Å². The highest BCUT2D eigenvalue weighted by Gasteiger charge is 2.66. The van der Waals surface area contributed by atoms with Crippen molar-refractivity contribution in [3.8, 4) is 0 Å². The zero-order chi connectivity index (χ0) is 15.7. The Hall–Kier alpha value is -1.81. The van der Waals surface area contributed by atoms with Gasteiger partial charge in [0.05, 0.1) is 18.5 Å². The van der Waals surface area contributed by atoms with Crippen LogP contribution in [0.1, 0.15) is 6.42 Å². The summed E-state index contributed by atoms with van der Waals surface area (Å²) in [6, 6.07) is 7.31. The van der Waals surface area contributed by atoms with Crippen LogP contribution in [0.15, 0.2) is 36.4 Å². The van der Waals surface area contributed by atoms with Gasteiger partial charge in [0.2, 0.25) is 11.8 Å². The van der Waals surface area contributed by atoms with Gasteiger partial charge in [-0.3, -0.25) is 14.5 Å². The predicted octanol–water partition coefficient (Wildman–Crippen LogP) is 2.76. The van der Waals surface area contributed by atoms with Crippen LogP contribution in [0.3, 0.4) is 0 Å². The van der Waals surface area contributed by atoms with E-state index in [1.807, 2.05) is 12.1 Å². The zero-order valence-corrected chi connectivity index (χ0v) is 13.2. The van der Waals surface area contributed by atoms with Gasteiger partial charge in [-0.2, -0.15) is 0 Å². The molecule has 1 aromatic carbocycles. The van der Waals surface area contributed by atoms with Gasteiger partial charge in [-0.05, 0) is 48.3 Å². The molecule has 1 aromatic rings. The summed E-state index contributed by atoms with van der Waals surface area (Å²) in [4.78, 5) is 27.0. The summed E-state index contributed by atoms with van der Waals surface area (Å²) in [5, 5.41) is 3.78. The van der Waals surface area contributed by atoms with Crippen LogP contribution in [-0.2, 0) is 9.59 Å². The summed E-state index contributed by atoms with van der Waals surface area (Å²) in [7, 11) is 0. The second-order valence-corrected chi connectivity index (χ2v) is 7.54. The lowest BCUT2D eigenvalue weighted by Gasteiger charge is -2.37. The highest BCUT2D eigenvalue weighted by Crippen LogP contribution is 2.65. The van der Waals surface area contributed by atoms with Crippen LogP contribution < -0.4 is 5.32 Å². The van der Waals surface area contributed by atoms with Gasteiger partial charge in [0, 0.05) is 10.7 Å². The van der Waals surface area contributed by atoms with Crippen molar-refractivity contribution in [2.24, 2.45) is 35.5 Å². The van der Waals surface area contributed by atoms with E-state index in [4.69, 9.17) is 11.6 Å². The number of nitrogens with zero attached hydrogens (tertiary/aromatic N) is 1. The van der Waals surface area contributed by atoms with E-state index >= 15 is 0 Å². The van der Waals surface area contributed by atoms with Crippen LogP contribution in [0.25, 0.3) is 0 Å². The standard InChI is InChI=1S/C18H17ClN2O2/c19-9-2-1-3-10(6-9)20-8-21-17(22)15-11-4-5-12(14-7-13(11)14)16(15)18(21)23/h1-6,11-16,20H,7-8H2/t11-,12-,13-,14+,15-,16-/m1/s1. The maximum Gasteiger partial charge on any atom is 0.235 e. The van der Waals surface area contributed by atoms with E-state index in [2.05, 4.69) is 17.5 Å². The first kappa shape index (κ1) is 13.6. The Bertz CT molecular complexity index is 710. The number of nitrogens with one attached hydrogen (secondary N) is 1. The topological polar surface area (TPSA) is 49.4 Å². The summed E-state index contributed by atoms with van der Waals surface area (Å²) in [5.41, 5.74) is 0.817. The molecule has 5 aliphatic rings. The SMILES string of the molecule is O=C1[C@@H]2[C@@H]3C=C[C@H]([C@@H]4C[C@H]34)[C@H]2C(=O)N1CNc1cccc(Cl)c1. The van der Waals surface area contributed by atoms with Crippen molar-refractivity contribution in [3.05, 3.63) is 41.4 Å². The molecule has 0 radical (unpaired) electrons. The van der Waals surface area contributed by atoms with Crippen LogP contribution in [0, 0.1) is 35.5 Å².